The smallest absolute Gasteiger partial charge is 0.227 e. The second-order valence-corrected chi connectivity index (χ2v) is 12.0. The van der Waals surface area contributed by atoms with Gasteiger partial charge in [0.15, 0.2) is 0 Å². The van der Waals surface area contributed by atoms with Crippen molar-refractivity contribution in [1.82, 2.24) is 20.4 Å². The first-order chi connectivity index (χ1) is 19.5. The molecule has 6 heteroatoms. The molecule has 1 aromatic heterocycles. The maximum Gasteiger partial charge on any atom is 0.227 e. The molecule has 204 valence electrons. The minimum atomic E-state index is -0.276. The lowest BCUT2D eigenvalue weighted by molar-refractivity contribution is -0.123. The van der Waals surface area contributed by atoms with Gasteiger partial charge in [-0.2, -0.15) is 5.10 Å². The summed E-state index contributed by atoms with van der Waals surface area (Å²) in [5.41, 5.74) is 6.55. The highest BCUT2D eigenvalue weighted by molar-refractivity contribution is 5.92. The van der Waals surface area contributed by atoms with Crippen molar-refractivity contribution in [3.63, 3.8) is 0 Å². The number of rotatable bonds is 6. The molecule has 4 aromatic rings. The standard InChI is InChI=1S/C34H36N4O2/c1-22-19-38(20-23(2)40-22)21-25-10-8-24(9-11-25)12-15-30-28-14-13-27(16-31(28)37-36-30)29-17-34(29)18-32(35-33(34)39)26-6-4-3-5-7-26/h3-16,22-23,29,32H,17-21H2,1-2H3,(H,35,39)(H,36,37)/b15-12+/t22-,23+,29-,32-,34-/m0/s1. The monoisotopic (exact) mass is 532 g/mol. The van der Waals surface area contributed by atoms with Crippen LogP contribution in [0, 0.1) is 5.41 Å². The zero-order valence-electron chi connectivity index (χ0n) is 23.1. The molecule has 1 aliphatic carbocycles. The van der Waals surface area contributed by atoms with Crippen LogP contribution in [-0.2, 0) is 16.1 Å². The average molecular weight is 533 g/mol. The number of amides is 1. The fraction of sp³-hybridized carbons (Fsp3) is 0.353. The molecule has 40 heavy (non-hydrogen) atoms. The van der Waals surface area contributed by atoms with Crippen molar-refractivity contribution in [3.8, 4) is 0 Å². The number of hydrogen-bond donors (Lipinski definition) is 2. The van der Waals surface area contributed by atoms with E-state index in [1.165, 1.54) is 16.7 Å². The number of carbonyl (C=O) groups excluding carboxylic acids is 1. The topological polar surface area (TPSA) is 70.2 Å². The molecule has 0 radical (unpaired) electrons. The Bertz CT molecular complexity index is 1550. The van der Waals surface area contributed by atoms with Crippen LogP contribution in [0.25, 0.3) is 23.1 Å². The quantitative estimate of drug-likeness (QED) is 0.316. The normalized spacial score (nSPS) is 28.5. The molecule has 1 amide bonds. The summed E-state index contributed by atoms with van der Waals surface area (Å²) >= 11 is 0. The van der Waals surface area contributed by atoms with E-state index in [-0.39, 0.29) is 35.5 Å². The molecule has 7 rings (SSSR count). The Kier molecular flexibility index (Phi) is 6.32. The zero-order chi connectivity index (χ0) is 27.3. The molecular weight excluding hydrogens is 496 g/mol. The summed E-state index contributed by atoms with van der Waals surface area (Å²) in [5, 5.41) is 12.1. The minimum Gasteiger partial charge on any atom is -0.373 e. The Hall–Kier alpha value is -3.74. The number of hydrogen-bond acceptors (Lipinski definition) is 4. The second kappa shape index (κ2) is 10.0. The van der Waals surface area contributed by atoms with Gasteiger partial charge in [0.1, 0.15) is 0 Å². The van der Waals surface area contributed by atoms with E-state index in [1.54, 1.807) is 0 Å². The highest BCUT2D eigenvalue weighted by Gasteiger charge is 2.64. The van der Waals surface area contributed by atoms with E-state index >= 15 is 0 Å². The van der Waals surface area contributed by atoms with E-state index in [4.69, 9.17) is 4.74 Å². The molecular formula is C34H36N4O2. The lowest BCUT2D eigenvalue weighted by atomic mass is 9.93. The molecule has 2 N–H and O–H groups in total. The number of nitrogens with one attached hydrogen (secondary N) is 2. The van der Waals surface area contributed by atoms with E-state index < -0.39 is 0 Å². The molecule has 6 nitrogen and oxygen atoms in total. The van der Waals surface area contributed by atoms with E-state index in [0.717, 1.165) is 54.6 Å². The lowest BCUT2D eigenvalue weighted by Crippen LogP contribution is -2.44. The third-order valence-electron chi connectivity index (χ3n) is 8.94. The lowest BCUT2D eigenvalue weighted by Gasteiger charge is -2.35. The van der Waals surface area contributed by atoms with Crippen LogP contribution in [0.3, 0.4) is 0 Å². The summed E-state index contributed by atoms with van der Waals surface area (Å²) in [6.07, 6.45) is 6.53. The Morgan fingerprint density at radius 2 is 1.73 bits per heavy atom. The summed E-state index contributed by atoms with van der Waals surface area (Å²) in [7, 11) is 0. The molecule has 3 heterocycles. The van der Waals surface area contributed by atoms with Crippen LogP contribution in [-0.4, -0.2) is 46.3 Å². The summed E-state index contributed by atoms with van der Waals surface area (Å²) in [4.78, 5) is 15.5. The summed E-state index contributed by atoms with van der Waals surface area (Å²) in [6, 6.07) is 25.7. The van der Waals surface area contributed by atoms with Crippen LogP contribution in [0.15, 0.2) is 72.8 Å². The van der Waals surface area contributed by atoms with Gasteiger partial charge in [0.2, 0.25) is 5.91 Å². The van der Waals surface area contributed by atoms with Gasteiger partial charge in [0.05, 0.1) is 34.9 Å². The van der Waals surface area contributed by atoms with E-state index in [1.807, 2.05) is 18.2 Å². The maximum atomic E-state index is 13.0. The first-order valence-electron chi connectivity index (χ1n) is 14.5. The molecule has 3 aromatic carbocycles. The van der Waals surface area contributed by atoms with Crippen LogP contribution in [0.5, 0.6) is 0 Å². The Balaban J connectivity index is 1.02. The largest absolute Gasteiger partial charge is 0.373 e. The van der Waals surface area contributed by atoms with Gasteiger partial charge in [-0.3, -0.25) is 14.8 Å². The average Bonchev–Trinajstić information content (AvgIpc) is 3.39. The van der Waals surface area contributed by atoms with Crippen LogP contribution >= 0.6 is 0 Å². The summed E-state index contributed by atoms with van der Waals surface area (Å²) < 4.78 is 5.86. The van der Waals surface area contributed by atoms with E-state index in [9.17, 15) is 4.79 Å². The first kappa shape index (κ1) is 25.2. The van der Waals surface area contributed by atoms with Crippen molar-refractivity contribution >= 4 is 29.0 Å². The Labute approximate surface area is 235 Å². The zero-order valence-corrected chi connectivity index (χ0v) is 23.1. The molecule has 2 saturated heterocycles. The molecule has 0 unspecified atom stereocenters. The van der Waals surface area contributed by atoms with E-state index in [0.29, 0.717) is 0 Å². The number of ether oxygens (including phenoxy) is 1. The van der Waals surface area contributed by atoms with Crippen molar-refractivity contribution in [2.75, 3.05) is 13.1 Å². The fourth-order valence-corrected chi connectivity index (χ4v) is 6.90. The van der Waals surface area contributed by atoms with Crippen molar-refractivity contribution in [3.05, 3.63) is 101 Å². The van der Waals surface area contributed by atoms with Crippen LogP contribution < -0.4 is 5.32 Å². The number of H-pyrrole nitrogens is 1. The number of aromatic nitrogens is 2. The van der Waals surface area contributed by atoms with Crippen LogP contribution in [0.4, 0.5) is 0 Å². The summed E-state index contributed by atoms with van der Waals surface area (Å²) in [6.45, 7) is 7.19. The number of aromatic amines is 1. The number of fused-ring (bicyclic) bond motifs is 1. The van der Waals surface area contributed by atoms with Gasteiger partial charge in [0, 0.05) is 25.0 Å². The van der Waals surface area contributed by atoms with Crippen LogP contribution in [0.1, 0.15) is 66.6 Å². The molecule has 3 aliphatic rings. The van der Waals surface area contributed by atoms with Gasteiger partial charge in [-0.25, -0.2) is 0 Å². The summed E-state index contributed by atoms with van der Waals surface area (Å²) in [5.74, 6) is 0.454. The third kappa shape index (κ3) is 4.76. The van der Waals surface area contributed by atoms with E-state index in [2.05, 4.69) is 101 Å². The van der Waals surface area contributed by atoms with Gasteiger partial charge in [-0.05, 0) is 67.0 Å². The van der Waals surface area contributed by atoms with Crippen molar-refractivity contribution in [2.45, 2.75) is 57.4 Å². The molecule has 1 saturated carbocycles. The predicted molar refractivity (Wildman–Crippen MR) is 158 cm³/mol. The highest BCUT2D eigenvalue weighted by Crippen LogP contribution is 2.66. The number of morpholine rings is 1. The minimum absolute atomic E-state index is 0.104. The molecule has 2 aliphatic heterocycles. The fourth-order valence-electron chi connectivity index (χ4n) is 6.90. The van der Waals surface area contributed by atoms with Gasteiger partial charge in [-0.15, -0.1) is 0 Å². The predicted octanol–water partition coefficient (Wildman–Crippen LogP) is 6.08. The number of nitrogens with zero attached hydrogens (tertiary/aromatic N) is 2. The Morgan fingerprint density at radius 1 is 0.950 bits per heavy atom. The van der Waals surface area contributed by atoms with Crippen molar-refractivity contribution < 1.29 is 9.53 Å². The number of benzene rings is 3. The van der Waals surface area contributed by atoms with Gasteiger partial charge < -0.3 is 10.1 Å². The van der Waals surface area contributed by atoms with Gasteiger partial charge in [0.25, 0.3) is 0 Å². The highest BCUT2D eigenvalue weighted by atomic mass is 16.5. The third-order valence-corrected chi connectivity index (χ3v) is 8.94. The SMILES string of the molecule is C[C@@H]1CN(Cc2ccc(/C=C/c3n[nH]c4cc([C@@H]5C[C@]56C[C@@H](c5ccccc5)NC6=O)ccc34)cc2)C[C@H](C)O1. The first-order valence-corrected chi connectivity index (χ1v) is 14.5. The van der Waals surface area contributed by atoms with Gasteiger partial charge in [-0.1, -0.05) is 72.8 Å². The molecule has 3 fully saturated rings. The molecule has 5 atom stereocenters. The number of carbonyl (C=O) groups is 1. The van der Waals surface area contributed by atoms with Crippen molar-refractivity contribution in [2.24, 2.45) is 5.41 Å². The maximum absolute atomic E-state index is 13.0. The van der Waals surface area contributed by atoms with Crippen LogP contribution in [0.2, 0.25) is 0 Å². The molecule has 1 spiro atoms. The van der Waals surface area contributed by atoms with Crippen molar-refractivity contribution in [1.29, 1.82) is 0 Å². The second-order valence-electron chi connectivity index (χ2n) is 12.0. The van der Waals surface area contributed by atoms with Gasteiger partial charge >= 0.3 is 0 Å². The Morgan fingerprint density at radius 3 is 2.50 bits per heavy atom. The molecule has 0 bridgehead atoms.